The number of methoxy groups -OCH3 is 1. The summed E-state index contributed by atoms with van der Waals surface area (Å²) >= 11 is 1.31. The fourth-order valence-electron chi connectivity index (χ4n) is 3.69. The molecule has 0 saturated carbocycles. The van der Waals surface area contributed by atoms with Gasteiger partial charge in [-0.3, -0.25) is 4.79 Å². The van der Waals surface area contributed by atoms with Crippen molar-refractivity contribution >= 4 is 23.4 Å². The molecule has 0 aliphatic heterocycles. The molecule has 150 valence electrons. The second kappa shape index (κ2) is 9.02. The maximum atomic E-state index is 12.5. The molecule has 1 aromatic heterocycles. The molecule has 0 bridgehead atoms. The van der Waals surface area contributed by atoms with E-state index in [-0.39, 0.29) is 11.7 Å². The highest BCUT2D eigenvalue weighted by molar-refractivity contribution is 8.00. The molecule has 1 amide bonds. The van der Waals surface area contributed by atoms with E-state index in [0.29, 0.717) is 16.3 Å². The van der Waals surface area contributed by atoms with Crippen LogP contribution in [0.25, 0.3) is 11.1 Å². The SMILES string of the molecule is COc1ccc(NC(=O)CSc2nc3c(c(-c4ccccc4)c2C#N)CCC3)cc1. The minimum Gasteiger partial charge on any atom is -0.497 e. The molecule has 2 aromatic carbocycles. The van der Waals surface area contributed by atoms with Crippen molar-refractivity contribution in [1.29, 1.82) is 5.26 Å². The van der Waals surface area contributed by atoms with Crippen LogP contribution in [-0.2, 0) is 17.6 Å². The van der Waals surface area contributed by atoms with E-state index in [0.717, 1.165) is 41.8 Å². The Morgan fingerprint density at radius 1 is 1.17 bits per heavy atom. The summed E-state index contributed by atoms with van der Waals surface area (Å²) in [5.74, 6) is 0.773. The average molecular weight is 416 g/mol. The summed E-state index contributed by atoms with van der Waals surface area (Å²) in [6.45, 7) is 0. The summed E-state index contributed by atoms with van der Waals surface area (Å²) < 4.78 is 5.13. The number of anilines is 1. The van der Waals surface area contributed by atoms with E-state index in [4.69, 9.17) is 9.72 Å². The van der Waals surface area contributed by atoms with Crippen molar-refractivity contribution in [2.45, 2.75) is 24.3 Å². The van der Waals surface area contributed by atoms with Gasteiger partial charge in [0.25, 0.3) is 0 Å². The number of rotatable bonds is 6. The summed E-state index contributed by atoms with van der Waals surface area (Å²) in [6.07, 6.45) is 2.88. The van der Waals surface area contributed by atoms with E-state index in [1.165, 1.54) is 17.3 Å². The number of nitrogens with zero attached hydrogens (tertiary/aromatic N) is 2. The first kappa shape index (κ1) is 20.0. The molecule has 0 unspecified atom stereocenters. The molecular formula is C24H21N3O2S. The molecule has 4 rings (SSSR count). The van der Waals surface area contributed by atoms with Crippen LogP contribution in [0.5, 0.6) is 5.75 Å². The number of carbonyl (C=O) groups excluding carboxylic acids is 1. The quantitative estimate of drug-likeness (QED) is 0.583. The minimum atomic E-state index is -0.141. The average Bonchev–Trinajstić information content (AvgIpc) is 3.26. The van der Waals surface area contributed by atoms with E-state index in [1.807, 2.05) is 30.3 Å². The lowest BCUT2D eigenvalue weighted by atomic mass is 9.95. The highest BCUT2D eigenvalue weighted by atomic mass is 32.2. The predicted molar refractivity (Wildman–Crippen MR) is 119 cm³/mol. The monoisotopic (exact) mass is 415 g/mol. The summed E-state index contributed by atoms with van der Waals surface area (Å²) in [6, 6.07) is 19.5. The van der Waals surface area contributed by atoms with Crippen molar-refractivity contribution in [2.24, 2.45) is 0 Å². The van der Waals surface area contributed by atoms with Gasteiger partial charge in [0, 0.05) is 16.9 Å². The molecule has 6 heteroatoms. The Kier molecular flexibility index (Phi) is 6.01. The molecule has 0 spiro atoms. The minimum absolute atomic E-state index is 0.141. The van der Waals surface area contributed by atoms with Crippen LogP contribution in [0, 0.1) is 11.3 Å². The first-order valence-corrected chi connectivity index (χ1v) is 10.8. The van der Waals surface area contributed by atoms with Gasteiger partial charge < -0.3 is 10.1 Å². The van der Waals surface area contributed by atoms with Crippen molar-refractivity contribution in [3.05, 3.63) is 71.4 Å². The second-order valence-corrected chi connectivity index (χ2v) is 7.95. The van der Waals surface area contributed by atoms with Gasteiger partial charge >= 0.3 is 0 Å². The number of nitriles is 1. The Morgan fingerprint density at radius 3 is 2.63 bits per heavy atom. The van der Waals surface area contributed by atoms with Crippen LogP contribution < -0.4 is 10.1 Å². The predicted octanol–water partition coefficient (Wildman–Crippen LogP) is 4.85. The third-order valence-corrected chi connectivity index (χ3v) is 6.05. The van der Waals surface area contributed by atoms with Crippen LogP contribution in [0.4, 0.5) is 5.69 Å². The number of fused-ring (bicyclic) bond motifs is 1. The first-order valence-electron chi connectivity index (χ1n) is 9.77. The zero-order valence-corrected chi connectivity index (χ0v) is 17.5. The van der Waals surface area contributed by atoms with Crippen molar-refractivity contribution in [3.63, 3.8) is 0 Å². The smallest absolute Gasteiger partial charge is 0.234 e. The van der Waals surface area contributed by atoms with Gasteiger partial charge in [-0.1, -0.05) is 42.1 Å². The molecule has 3 aromatic rings. The molecule has 1 aliphatic carbocycles. The van der Waals surface area contributed by atoms with Gasteiger partial charge in [0.2, 0.25) is 5.91 Å². The number of nitrogens with one attached hydrogen (secondary N) is 1. The van der Waals surface area contributed by atoms with Crippen molar-refractivity contribution in [3.8, 4) is 22.9 Å². The van der Waals surface area contributed by atoms with E-state index < -0.39 is 0 Å². The van der Waals surface area contributed by atoms with Crippen molar-refractivity contribution < 1.29 is 9.53 Å². The molecule has 1 N–H and O–H groups in total. The molecule has 1 aliphatic rings. The molecule has 5 nitrogen and oxygen atoms in total. The van der Waals surface area contributed by atoms with Crippen molar-refractivity contribution in [1.82, 2.24) is 4.98 Å². The van der Waals surface area contributed by atoms with E-state index in [2.05, 4.69) is 11.4 Å². The van der Waals surface area contributed by atoms with Crippen LogP contribution in [-0.4, -0.2) is 23.8 Å². The number of amides is 1. The molecule has 0 saturated heterocycles. The summed E-state index contributed by atoms with van der Waals surface area (Å²) in [7, 11) is 1.60. The molecule has 30 heavy (non-hydrogen) atoms. The Bertz CT molecular complexity index is 1110. The van der Waals surface area contributed by atoms with Crippen LogP contribution in [0.2, 0.25) is 0 Å². The summed E-state index contributed by atoms with van der Waals surface area (Å²) in [4.78, 5) is 17.2. The zero-order chi connectivity index (χ0) is 20.9. The Morgan fingerprint density at radius 2 is 1.93 bits per heavy atom. The zero-order valence-electron chi connectivity index (χ0n) is 16.6. The Labute approximate surface area is 180 Å². The van der Waals surface area contributed by atoms with Gasteiger partial charge in [-0.2, -0.15) is 5.26 Å². The van der Waals surface area contributed by atoms with E-state index in [1.54, 1.807) is 31.4 Å². The van der Waals surface area contributed by atoms with Gasteiger partial charge in [0.05, 0.1) is 18.4 Å². The largest absolute Gasteiger partial charge is 0.497 e. The number of benzene rings is 2. The maximum absolute atomic E-state index is 12.5. The second-order valence-electron chi connectivity index (χ2n) is 6.99. The number of hydrogen-bond donors (Lipinski definition) is 1. The van der Waals surface area contributed by atoms with Gasteiger partial charge in [0.15, 0.2) is 0 Å². The van der Waals surface area contributed by atoms with E-state index >= 15 is 0 Å². The van der Waals surface area contributed by atoms with Gasteiger partial charge in [-0.25, -0.2) is 4.98 Å². The topological polar surface area (TPSA) is 75.0 Å². The number of ether oxygens (including phenoxy) is 1. The van der Waals surface area contributed by atoms with Gasteiger partial charge in [-0.05, 0) is 54.7 Å². The first-order chi connectivity index (χ1) is 14.7. The highest BCUT2D eigenvalue weighted by Gasteiger charge is 2.24. The van der Waals surface area contributed by atoms with Crippen molar-refractivity contribution in [2.75, 3.05) is 18.2 Å². The standard InChI is InChI=1S/C24H21N3O2S/c1-29-18-12-10-17(11-13-18)26-22(28)15-30-24-20(14-25)23(16-6-3-2-4-7-16)19-8-5-9-21(19)27-24/h2-4,6-7,10-13H,5,8-9,15H2,1H3,(H,26,28). The number of hydrogen-bond acceptors (Lipinski definition) is 5. The third-order valence-electron chi connectivity index (χ3n) is 5.08. The van der Waals surface area contributed by atoms with Gasteiger partial charge in [-0.15, -0.1) is 0 Å². The Balaban J connectivity index is 1.57. The lowest BCUT2D eigenvalue weighted by Crippen LogP contribution is -2.14. The fourth-order valence-corrected chi connectivity index (χ4v) is 4.50. The molecule has 0 atom stereocenters. The summed E-state index contributed by atoms with van der Waals surface area (Å²) in [5.41, 5.74) is 5.48. The molecule has 1 heterocycles. The van der Waals surface area contributed by atoms with Crippen LogP contribution in [0.3, 0.4) is 0 Å². The fraction of sp³-hybridized carbons (Fsp3) is 0.208. The maximum Gasteiger partial charge on any atom is 0.234 e. The number of aryl methyl sites for hydroxylation is 1. The summed E-state index contributed by atoms with van der Waals surface area (Å²) in [5, 5.41) is 13.4. The lowest BCUT2D eigenvalue weighted by Gasteiger charge is -2.14. The molecule has 0 fully saturated rings. The van der Waals surface area contributed by atoms with Crippen LogP contribution in [0.15, 0.2) is 59.6 Å². The normalized spacial score (nSPS) is 12.1. The third kappa shape index (κ3) is 4.17. The highest BCUT2D eigenvalue weighted by Crippen LogP contribution is 2.38. The lowest BCUT2D eigenvalue weighted by molar-refractivity contribution is -0.113. The molecular weight excluding hydrogens is 394 g/mol. The van der Waals surface area contributed by atoms with Crippen LogP contribution in [0.1, 0.15) is 23.2 Å². The van der Waals surface area contributed by atoms with Gasteiger partial charge in [0.1, 0.15) is 16.8 Å². The number of thioether (sulfide) groups is 1. The molecule has 0 radical (unpaired) electrons. The number of pyridine rings is 1. The Hall–Kier alpha value is -3.30. The van der Waals surface area contributed by atoms with E-state index in [9.17, 15) is 10.1 Å². The van der Waals surface area contributed by atoms with Crippen LogP contribution >= 0.6 is 11.8 Å². The number of carbonyl (C=O) groups is 1. The number of aromatic nitrogens is 1.